The van der Waals surface area contributed by atoms with Gasteiger partial charge in [-0.3, -0.25) is 10.2 Å². The maximum absolute atomic E-state index is 12.5. The van der Waals surface area contributed by atoms with Gasteiger partial charge in [0, 0.05) is 5.56 Å². The van der Waals surface area contributed by atoms with E-state index in [0.717, 1.165) is 10.8 Å². The summed E-state index contributed by atoms with van der Waals surface area (Å²) in [4.78, 5) is 35.9. The lowest BCUT2D eigenvalue weighted by atomic mass is 10.1. The predicted molar refractivity (Wildman–Crippen MR) is 133 cm³/mol. The van der Waals surface area contributed by atoms with Crippen LogP contribution in [0.25, 0.3) is 16.8 Å². The summed E-state index contributed by atoms with van der Waals surface area (Å²) in [5, 5.41) is 18.1. The summed E-state index contributed by atoms with van der Waals surface area (Å²) in [5.41, 5.74) is 12.8. The van der Waals surface area contributed by atoms with Crippen molar-refractivity contribution in [2.45, 2.75) is 6.04 Å². The van der Waals surface area contributed by atoms with E-state index in [4.69, 9.17) is 31.1 Å². The minimum atomic E-state index is -1.14. The first-order chi connectivity index (χ1) is 17.2. The molecular formula is C27H21N3O6. The molecule has 36 heavy (non-hydrogen) atoms. The van der Waals surface area contributed by atoms with Gasteiger partial charge in [0.2, 0.25) is 5.76 Å². The summed E-state index contributed by atoms with van der Waals surface area (Å²) < 4.78 is 10.9. The lowest BCUT2D eigenvalue weighted by Gasteiger charge is -2.06. The summed E-state index contributed by atoms with van der Waals surface area (Å²) in [6.07, 6.45) is 2.76. The zero-order chi connectivity index (χ0) is 25.8. The Labute approximate surface area is 205 Å². The fourth-order valence-corrected chi connectivity index (χ4v) is 3.40. The van der Waals surface area contributed by atoms with Gasteiger partial charge in [-0.25, -0.2) is 9.59 Å². The number of carbonyl (C=O) groups is 3. The molecule has 0 aliphatic carbocycles. The molecule has 9 heteroatoms. The molecule has 4 rings (SSSR count). The molecule has 0 aliphatic rings. The van der Waals surface area contributed by atoms with Crippen molar-refractivity contribution in [2.24, 2.45) is 11.5 Å². The molecule has 0 radical (unpaired) electrons. The number of carboxylic acids is 1. The fourth-order valence-electron chi connectivity index (χ4n) is 3.40. The normalized spacial score (nSPS) is 11.9. The first-order valence-corrected chi connectivity index (χ1v) is 10.7. The highest BCUT2D eigenvalue weighted by Crippen LogP contribution is 2.24. The third kappa shape index (κ3) is 5.37. The number of rotatable bonds is 8. The summed E-state index contributed by atoms with van der Waals surface area (Å²) in [7, 11) is 0. The molecule has 1 unspecified atom stereocenters. The number of nitrogen functional groups attached to an aromatic ring is 1. The minimum Gasteiger partial charge on any atom is -0.478 e. The van der Waals surface area contributed by atoms with Crippen molar-refractivity contribution < 1.29 is 28.6 Å². The topological polar surface area (TPSA) is 170 Å². The minimum absolute atomic E-state index is 0.0393. The van der Waals surface area contributed by atoms with E-state index in [2.05, 4.69) is 0 Å². The molecule has 4 aromatic rings. The lowest BCUT2D eigenvalue weighted by molar-refractivity contribution is -0.116. The largest absolute Gasteiger partial charge is 0.478 e. The van der Waals surface area contributed by atoms with Crippen molar-refractivity contribution in [3.63, 3.8) is 0 Å². The van der Waals surface area contributed by atoms with Gasteiger partial charge in [-0.2, -0.15) is 0 Å². The number of benzene rings is 3. The molecule has 180 valence electrons. The Morgan fingerprint density at radius 3 is 2.28 bits per heavy atom. The van der Waals surface area contributed by atoms with Crippen molar-refractivity contribution >= 4 is 40.4 Å². The van der Waals surface area contributed by atoms with E-state index in [1.165, 1.54) is 36.4 Å². The number of hydrogen-bond donors (Lipinski definition) is 4. The van der Waals surface area contributed by atoms with E-state index in [1.807, 2.05) is 0 Å². The van der Waals surface area contributed by atoms with E-state index < -0.39 is 23.8 Å². The van der Waals surface area contributed by atoms with Crippen LogP contribution in [0.4, 0.5) is 0 Å². The Morgan fingerprint density at radius 2 is 1.58 bits per heavy atom. The zero-order valence-electron chi connectivity index (χ0n) is 18.8. The zero-order valence-corrected chi connectivity index (χ0v) is 18.8. The van der Waals surface area contributed by atoms with Crippen LogP contribution >= 0.6 is 0 Å². The standard InChI is InChI=1S/C27H21N3O6/c28-24(21(31)10-3-15-1-4-16(5-2-15)26(32)33)22-11-12-23(36-22)27(34)35-20-9-8-17-13-19(25(29)30)7-6-18(17)14-20/h1-14,24H,28H2,(H3,29,30)(H,32,33)/b10-3+. The third-order valence-electron chi connectivity index (χ3n) is 5.37. The van der Waals surface area contributed by atoms with Crippen LogP contribution in [0.5, 0.6) is 5.75 Å². The molecule has 0 saturated heterocycles. The second-order valence-electron chi connectivity index (χ2n) is 7.87. The molecule has 1 aromatic heterocycles. The number of aromatic carboxylic acids is 1. The molecule has 0 amide bonds. The summed E-state index contributed by atoms with van der Waals surface area (Å²) in [6.45, 7) is 0. The number of esters is 1. The molecule has 1 heterocycles. The highest BCUT2D eigenvalue weighted by molar-refractivity contribution is 6.00. The second kappa shape index (κ2) is 10.1. The van der Waals surface area contributed by atoms with E-state index >= 15 is 0 Å². The number of carboxylic acid groups (broad SMARTS) is 1. The van der Waals surface area contributed by atoms with Crippen LogP contribution in [0.15, 0.2) is 83.3 Å². The number of furan rings is 1. The number of carbonyl (C=O) groups excluding carboxylic acids is 2. The molecule has 0 saturated carbocycles. The van der Waals surface area contributed by atoms with Crippen LogP contribution in [0.3, 0.4) is 0 Å². The van der Waals surface area contributed by atoms with Crippen LogP contribution < -0.4 is 16.2 Å². The van der Waals surface area contributed by atoms with Crippen LogP contribution in [0, 0.1) is 5.41 Å². The Kier molecular flexibility index (Phi) is 6.75. The van der Waals surface area contributed by atoms with Crippen molar-refractivity contribution in [1.82, 2.24) is 0 Å². The molecule has 1 atom stereocenters. The van der Waals surface area contributed by atoms with E-state index in [9.17, 15) is 14.4 Å². The van der Waals surface area contributed by atoms with Gasteiger partial charge in [-0.05, 0) is 64.9 Å². The van der Waals surface area contributed by atoms with Gasteiger partial charge in [0.1, 0.15) is 23.4 Å². The number of fused-ring (bicyclic) bond motifs is 1. The van der Waals surface area contributed by atoms with E-state index in [1.54, 1.807) is 48.5 Å². The smallest absolute Gasteiger partial charge is 0.379 e. The fraction of sp³-hybridized carbons (Fsp3) is 0.0370. The van der Waals surface area contributed by atoms with Gasteiger partial charge in [-0.1, -0.05) is 36.4 Å². The average Bonchev–Trinajstić information content (AvgIpc) is 3.37. The van der Waals surface area contributed by atoms with Crippen molar-refractivity contribution in [2.75, 3.05) is 0 Å². The Balaban J connectivity index is 1.41. The molecule has 0 fully saturated rings. The van der Waals surface area contributed by atoms with Gasteiger partial charge >= 0.3 is 11.9 Å². The molecule has 6 N–H and O–H groups in total. The van der Waals surface area contributed by atoms with Crippen LogP contribution in [-0.4, -0.2) is 28.7 Å². The maximum Gasteiger partial charge on any atom is 0.379 e. The number of ketones is 1. The van der Waals surface area contributed by atoms with Gasteiger partial charge in [0.05, 0.1) is 5.56 Å². The predicted octanol–water partition coefficient (Wildman–Crippen LogP) is 3.92. The summed E-state index contributed by atoms with van der Waals surface area (Å²) in [6, 6.07) is 17.9. The third-order valence-corrected chi connectivity index (χ3v) is 5.37. The first kappa shape index (κ1) is 24.1. The van der Waals surface area contributed by atoms with Crippen LogP contribution in [-0.2, 0) is 4.79 Å². The van der Waals surface area contributed by atoms with Crippen LogP contribution in [0.1, 0.15) is 43.8 Å². The number of nitrogens with two attached hydrogens (primary N) is 2. The van der Waals surface area contributed by atoms with Crippen molar-refractivity contribution in [3.05, 3.63) is 107 Å². The maximum atomic E-state index is 12.5. The van der Waals surface area contributed by atoms with Gasteiger partial charge < -0.3 is 25.7 Å². The first-order valence-electron chi connectivity index (χ1n) is 10.7. The Bertz CT molecular complexity index is 1520. The van der Waals surface area contributed by atoms with Gasteiger partial charge in [0.25, 0.3) is 0 Å². The average molecular weight is 483 g/mol. The number of ether oxygens (including phenoxy) is 1. The Hall–Kier alpha value is -5.02. The molecule has 0 aliphatic heterocycles. The Morgan fingerprint density at radius 1 is 0.917 bits per heavy atom. The van der Waals surface area contributed by atoms with Crippen LogP contribution in [0.2, 0.25) is 0 Å². The van der Waals surface area contributed by atoms with Crippen molar-refractivity contribution in [1.29, 1.82) is 5.41 Å². The quantitative estimate of drug-likeness (QED) is 0.0960. The number of nitrogens with one attached hydrogen (secondary N) is 1. The van der Waals surface area contributed by atoms with Gasteiger partial charge in [-0.15, -0.1) is 0 Å². The summed E-state index contributed by atoms with van der Waals surface area (Å²) in [5.74, 6) is -2.04. The number of amidine groups is 1. The molecular weight excluding hydrogens is 462 g/mol. The second-order valence-corrected chi connectivity index (χ2v) is 7.87. The van der Waals surface area contributed by atoms with E-state index in [0.29, 0.717) is 16.9 Å². The molecule has 0 bridgehead atoms. The SMILES string of the molecule is N=C(N)c1ccc2cc(OC(=O)c3ccc(C(N)C(=O)/C=C/c4ccc(C(=O)O)cc4)o3)ccc2c1. The molecule has 0 spiro atoms. The highest BCUT2D eigenvalue weighted by atomic mass is 16.5. The summed E-state index contributed by atoms with van der Waals surface area (Å²) >= 11 is 0. The monoisotopic (exact) mass is 483 g/mol. The van der Waals surface area contributed by atoms with Gasteiger partial charge in [0.15, 0.2) is 5.78 Å². The molecule has 3 aromatic carbocycles. The van der Waals surface area contributed by atoms with E-state index in [-0.39, 0.29) is 22.9 Å². The molecule has 9 nitrogen and oxygen atoms in total. The number of hydrogen-bond acceptors (Lipinski definition) is 7. The van der Waals surface area contributed by atoms with Crippen molar-refractivity contribution in [3.8, 4) is 5.75 Å². The lowest BCUT2D eigenvalue weighted by Crippen LogP contribution is -2.19. The highest BCUT2D eigenvalue weighted by Gasteiger charge is 2.21.